The lowest BCUT2D eigenvalue weighted by molar-refractivity contribution is -0.186. The van der Waals surface area contributed by atoms with E-state index in [-0.39, 0.29) is 6.61 Å². The van der Waals surface area contributed by atoms with Gasteiger partial charge in [0.15, 0.2) is 0 Å². The molecule has 4 heteroatoms. The Labute approximate surface area is 63.7 Å². The van der Waals surface area contributed by atoms with Crippen molar-refractivity contribution in [3.63, 3.8) is 0 Å². The fraction of sp³-hybridized carbons (Fsp3) is 0.143. The Bertz CT molecular complexity index is 232. The molecule has 1 heterocycles. The Morgan fingerprint density at radius 3 is 3.09 bits per heavy atom. The first-order chi connectivity index (χ1) is 5.25. The van der Waals surface area contributed by atoms with Crippen LogP contribution >= 0.6 is 0 Å². The van der Waals surface area contributed by atoms with Crippen LogP contribution in [0.1, 0.15) is 0 Å². The third-order valence-corrected chi connectivity index (χ3v) is 1.14. The average Bonchev–Trinajstić information content (AvgIpc) is 2.04. The summed E-state index contributed by atoms with van der Waals surface area (Å²) in [4.78, 5) is 26.4. The highest BCUT2D eigenvalue weighted by atomic mass is 16.7. The molecule has 0 saturated heterocycles. The molecule has 0 bridgehead atoms. The second kappa shape index (κ2) is 3.12. The van der Waals surface area contributed by atoms with Crippen molar-refractivity contribution in [3.05, 3.63) is 24.8 Å². The summed E-state index contributed by atoms with van der Waals surface area (Å²) in [7, 11) is 0. The number of carbonyl (C=O) groups is 2. The molecular weight excluding hydrogens is 146 g/mol. The van der Waals surface area contributed by atoms with Crippen LogP contribution in [0.25, 0.3) is 0 Å². The van der Waals surface area contributed by atoms with Crippen LogP contribution in [-0.4, -0.2) is 23.5 Å². The van der Waals surface area contributed by atoms with E-state index in [1.54, 1.807) is 0 Å². The van der Waals surface area contributed by atoms with Crippen molar-refractivity contribution >= 4 is 11.8 Å². The maximum Gasteiger partial charge on any atom is 0.277 e. The van der Waals surface area contributed by atoms with Crippen molar-refractivity contribution in [2.75, 3.05) is 6.61 Å². The van der Waals surface area contributed by atoms with Gasteiger partial charge in [-0.3, -0.25) is 14.4 Å². The molecule has 0 aromatic rings. The van der Waals surface area contributed by atoms with Crippen LogP contribution in [0.4, 0.5) is 0 Å². The van der Waals surface area contributed by atoms with E-state index in [9.17, 15) is 9.59 Å². The highest BCUT2D eigenvalue weighted by Gasteiger charge is 2.19. The molecule has 0 fully saturated rings. The molecule has 0 saturated carbocycles. The van der Waals surface area contributed by atoms with Crippen LogP contribution in [0.2, 0.25) is 0 Å². The quantitative estimate of drug-likeness (QED) is 0.499. The van der Waals surface area contributed by atoms with Crippen LogP contribution in [0.3, 0.4) is 0 Å². The van der Waals surface area contributed by atoms with Crippen LogP contribution < -0.4 is 0 Å². The van der Waals surface area contributed by atoms with E-state index in [1.807, 2.05) is 0 Å². The lowest BCUT2D eigenvalue weighted by Gasteiger charge is -2.18. The van der Waals surface area contributed by atoms with Gasteiger partial charge < -0.3 is 0 Å². The zero-order valence-corrected chi connectivity index (χ0v) is 5.82. The number of imide groups is 1. The fourth-order valence-electron chi connectivity index (χ4n) is 0.653. The Morgan fingerprint density at radius 1 is 1.82 bits per heavy atom. The second-order valence-electron chi connectivity index (χ2n) is 1.87. The summed E-state index contributed by atoms with van der Waals surface area (Å²) in [6, 6.07) is 0. The Morgan fingerprint density at radius 2 is 2.55 bits per heavy atom. The van der Waals surface area contributed by atoms with Crippen LogP contribution in [0.15, 0.2) is 24.8 Å². The number of hydrogen-bond donors (Lipinski definition) is 0. The zero-order chi connectivity index (χ0) is 8.27. The molecule has 0 spiro atoms. The maximum atomic E-state index is 10.8. The summed E-state index contributed by atoms with van der Waals surface area (Å²) in [5, 5.41) is 0.674. The van der Waals surface area contributed by atoms with E-state index in [1.165, 1.54) is 12.2 Å². The predicted molar refractivity (Wildman–Crippen MR) is 37.1 cm³/mol. The van der Waals surface area contributed by atoms with Gasteiger partial charge in [0.25, 0.3) is 11.8 Å². The fourth-order valence-corrected chi connectivity index (χ4v) is 0.653. The number of amides is 2. The van der Waals surface area contributed by atoms with E-state index in [4.69, 9.17) is 4.84 Å². The molecule has 2 amide bonds. The van der Waals surface area contributed by atoms with E-state index >= 15 is 0 Å². The molecule has 0 aliphatic carbocycles. The molecule has 0 N–H and O–H groups in total. The zero-order valence-electron chi connectivity index (χ0n) is 5.82. The molecule has 4 nitrogen and oxygen atoms in total. The summed E-state index contributed by atoms with van der Waals surface area (Å²) in [6.45, 7) is 3.46. The minimum atomic E-state index is -0.542. The van der Waals surface area contributed by atoms with Gasteiger partial charge in [-0.25, -0.2) is 0 Å². The Hall–Kier alpha value is -1.42. The van der Waals surface area contributed by atoms with Gasteiger partial charge in [-0.05, 0) is 6.08 Å². The second-order valence-corrected chi connectivity index (χ2v) is 1.87. The molecule has 11 heavy (non-hydrogen) atoms. The lowest BCUT2D eigenvalue weighted by Crippen LogP contribution is -2.36. The summed E-state index contributed by atoms with van der Waals surface area (Å²) in [5.41, 5.74) is 0. The van der Waals surface area contributed by atoms with Crippen LogP contribution in [0, 0.1) is 0 Å². The summed E-state index contributed by atoms with van der Waals surface area (Å²) in [6.07, 6.45) is 3.84. The normalized spacial score (nSPS) is 16.7. The number of hydrogen-bond acceptors (Lipinski definition) is 3. The van der Waals surface area contributed by atoms with Gasteiger partial charge in [0, 0.05) is 6.08 Å². The van der Waals surface area contributed by atoms with Crippen molar-refractivity contribution in [2.45, 2.75) is 0 Å². The van der Waals surface area contributed by atoms with Gasteiger partial charge in [0.05, 0.1) is 6.61 Å². The molecule has 0 unspecified atom stereocenters. The predicted octanol–water partition coefficient (Wildman–Crippen LogP) is 0.0290. The van der Waals surface area contributed by atoms with Crippen molar-refractivity contribution in [2.24, 2.45) is 0 Å². The minimum Gasteiger partial charge on any atom is -0.267 e. The van der Waals surface area contributed by atoms with Crippen LogP contribution in [0.5, 0.6) is 0 Å². The van der Waals surface area contributed by atoms with E-state index in [0.29, 0.717) is 5.06 Å². The monoisotopic (exact) mass is 153 g/mol. The third kappa shape index (κ3) is 1.53. The molecular formula is C7H7NO3. The molecule has 0 radical (unpaired) electrons. The average molecular weight is 153 g/mol. The number of hydroxylamine groups is 2. The number of nitrogens with zero attached hydrogens (tertiary/aromatic N) is 1. The topological polar surface area (TPSA) is 46.6 Å². The third-order valence-electron chi connectivity index (χ3n) is 1.14. The Kier molecular flexibility index (Phi) is 2.18. The smallest absolute Gasteiger partial charge is 0.267 e. The van der Waals surface area contributed by atoms with Gasteiger partial charge in [-0.1, -0.05) is 12.7 Å². The van der Waals surface area contributed by atoms with Crippen molar-refractivity contribution < 1.29 is 14.4 Å². The summed E-state index contributed by atoms with van der Waals surface area (Å²) in [5.74, 6) is -1.01. The van der Waals surface area contributed by atoms with Gasteiger partial charge in [-0.15, -0.1) is 5.06 Å². The van der Waals surface area contributed by atoms with Crippen molar-refractivity contribution in [1.29, 1.82) is 0 Å². The Balaban J connectivity index is 2.72. The minimum absolute atomic E-state index is 0.241. The van der Waals surface area contributed by atoms with Gasteiger partial charge >= 0.3 is 0 Å². The summed E-state index contributed by atoms with van der Waals surface area (Å²) < 4.78 is 0. The van der Waals surface area contributed by atoms with Crippen LogP contribution in [-0.2, 0) is 14.4 Å². The highest BCUT2D eigenvalue weighted by molar-refractivity contribution is 6.04. The highest BCUT2D eigenvalue weighted by Crippen LogP contribution is 2.00. The molecule has 0 aromatic heterocycles. The lowest BCUT2D eigenvalue weighted by atomic mass is 10.4. The number of rotatable bonds is 1. The molecule has 1 aliphatic rings. The molecule has 0 atom stereocenters. The first-order valence-corrected chi connectivity index (χ1v) is 3.05. The van der Waals surface area contributed by atoms with Crippen molar-refractivity contribution in [1.82, 2.24) is 5.06 Å². The van der Waals surface area contributed by atoms with E-state index in [2.05, 4.69) is 6.58 Å². The summed E-state index contributed by atoms with van der Waals surface area (Å²) >= 11 is 0. The van der Waals surface area contributed by atoms with Gasteiger partial charge in [0.1, 0.15) is 0 Å². The largest absolute Gasteiger partial charge is 0.277 e. The van der Waals surface area contributed by atoms with Gasteiger partial charge in [-0.2, -0.15) is 0 Å². The molecule has 58 valence electrons. The first kappa shape index (κ1) is 7.68. The first-order valence-electron chi connectivity index (χ1n) is 3.05. The molecule has 0 aromatic carbocycles. The van der Waals surface area contributed by atoms with E-state index < -0.39 is 11.8 Å². The van der Waals surface area contributed by atoms with Gasteiger partial charge in [0.2, 0.25) is 0 Å². The SMILES string of the molecule is C=CC(=O)N1OCC=CC1=O. The van der Waals surface area contributed by atoms with Crippen molar-refractivity contribution in [3.8, 4) is 0 Å². The molecule has 1 aliphatic heterocycles. The molecule has 1 rings (SSSR count). The number of carbonyl (C=O) groups excluding carboxylic acids is 2. The standard InChI is InChI=1S/C7H7NO3/c1-2-6(9)8-7(10)4-3-5-11-8/h2-4H,1,5H2. The van der Waals surface area contributed by atoms with E-state index in [0.717, 1.165) is 6.08 Å². The maximum absolute atomic E-state index is 10.8.